The summed E-state index contributed by atoms with van der Waals surface area (Å²) in [6.45, 7) is 5.89. The van der Waals surface area contributed by atoms with Gasteiger partial charge < -0.3 is 5.11 Å². The van der Waals surface area contributed by atoms with Crippen LogP contribution in [-0.2, 0) is 0 Å². The summed E-state index contributed by atoms with van der Waals surface area (Å²) in [5.74, 6) is -0.241. The van der Waals surface area contributed by atoms with Gasteiger partial charge in [-0.2, -0.15) is 5.26 Å². The number of hydrogen-bond donors (Lipinski definition) is 1. The van der Waals surface area contributed by atoms with E-state index in [1.807, 2.05) is 39.0 Å². The molecule has 1 aliphatic carbocycles. The molecule has 0 aromatic heterocycles. The molecule has 13 heavy (non-hydrogen) atoms. The van der Waals surface area contributed by atoms with E-state index in [0.29, 0.717) is 0 Å². The Morgan fingerprint density at radius 2 is 2.15 bits per heavy atom. The van der Waals surface area contributed by atoms with Crippen LogP contribution < -0.4 is 0 Å². The molecular formula is C11H15NO. The van der Waals surface area contributed by atoms with Crippen molar-refractivity contribution in [1.29, 1.82) is 5.26 Å². The van der Waals surface area contributed by atoms with E-state index in [9.17, 15) is 5.11 Å². The van der Waals surface area contributed by atoms with Gasteiger partial charge in [-0.25, -0.2) is 0 Å². The van der Waals surface area contributed by atoms with Crippen LogP contribution in [0.5, 0.6) is 0 Å². The molecule has 0 aliphatic heterocycles. The third kappa shape index (κ3) is 1.99. The van der Waals surface area contributed by atoms with E-state index in [0.717, 1.165) is 5.57 Å². The van der Waals surface area contributed by atoms with Crippen LogP contribution in [0.3, 0.4) is 0 Å². The van der Waals surface area contributed by atoms with Gasteiger partial charge in [0.1, 0.15) is 0 Å². The van der Waals surface area contributed by atoms with Gasteiger partial charge in [-0.05, 0) is 11.0 Å². The van der Waals surface area contributed by atoms with E-state index >= 15 is 0 Å². The third-order valence-electron chi connectivity index (χ3n) is 2.23. The molecule has 1 rings (SSSR count). The molecule has 0 saturated heterocycles. The normalized spacial score (nSPS) is 23.9. The molecule has 1 N–H and O–H groups in total. The summed E-state index contributed by atoms with van der Waals surface area (Å²) >= 11 is 0. The molecule has 2 atom stereocenters. The summed E-state index contributed by atoms with van der Waals surface area (Å²) in [6.07, 6.45) is 4.94. The van der Waals surface area contributed by atoms with E-state index in [-0.39, 0.29) is 11.3 Å². The molecule has 0 fully saturated rings. The summed E-state index contributed by atoms with van der Waals surface area (Å²) < 4.78 is 0. The van der Waals surface area contributed by atoms with Crippen molar-refractivity contribution < 1.29 is 5.11 Å². The quantitative estimate of drug-likeness (QED) is 0.666. The van der Waals surface area contributed by atoms with E-state index < -0.39 is 6.10 Å². The van der Waals surface area contributed by atoms with Crippen molar-refractivity contribution in [2.45, 2.75) is 26.9 Å². The highest BCUT2D eigenvalue weighted by atomic mass is 16.3. The Labute approximate surface area is 79.2 Å². The summed E-state index contributed by atoms with van der Waals surface area (Å²) in [5, 5.41) is 18.7. The first-order valence-electron chi connectivity index (χ1n) is 4.43. The minimum absolute atomic E-state index is 0.201. The summed E-state index contributed by atoms with van der Waals surface area (Å²) in [5.41, 5.74) is 0.613. The maximum Gasteiger partial charge on any atom is 0.0884 e. The lowest BCUT2D eigenvalue weighted by Gasteiger charge is -2.28. The van der Waals surface area contributed by atoms with Crippen LogP contribution >= 0.6 is 0 Å². The van der Waals surface area contributed by atoms with Crippen LogP contribution in [0, 0.1) is 22.7 Å². The maximum atomic E-state index is 9.93. The summed E-state index contributed by atoms with van der Waals surface area (Å²) in [4.78, 5) is 0. The molecular weight excluding hydrogens is 162 g/mol. The highest BCUT2D eigenvalue weighted by Gasteiger charge is 2.30. The third-order valence-corrected chi connectivity index (χ3v) is 2.23. The van der Waals surface area contributed by atoms with Crippen LogP contribution in [0.2, 0.25) is 0 Å². The Kier molecular flexibility index (Phi) is 2.58. The fraction of sp³-hybridized carbons (Fsp3) is 0.545. The Morgan fingerprint density at radius 1 is 1.54 bits per heavy atom. The fourth-order valence-electron chi connectivity index (χ4n) is 1.37. The zero-order chi connectivity index (χ0) is 10.1. The first-order chi connectivity index (χ1) is 5.96. The number of nitrogens with zero attached hydrogens (tertiary/aromatic N) is 1. The maximum absolute atomic E-state index is 9.93. The molecule has 0 saturated carbocycles. The van der Waals surface area contributed by atoms with E-state index in [1.165, 1.54) is 0 Å². The zero-order valence-corrected chi connectivity index (χ0v) is 8.28. The first-order valence-corrected chi connectivity index (χ1v) is 4.43. The average molecular weight is 177 g/mol. The predicted molar refractivity (Wildman–Crippen MR) is 51.8 cm³/mol. The molecule has 2 nitrogen and oxygen atoms in total. The van der Waals surface area contributed by atoms with Crippen molar-refractivity contribution >= 4 is 0 Å². The van der Waals surface area contributed by atoms with Gasteiger partial charge in [-0.15, -0.1) is 0 Å². The van der Waals surface area contributed by atoms with Gasteiger partial charge in [0.15, 0.2) is 0 Å². The fourth-order valence-corrected chi connectivity index (χ4v) is 1.37. The minimum atomic E-state index is -0.535. The van der Waals surface area contributed by atoms with Crippen LogP contribution in [0.15, 0.2) is 23.8 Å². The molecule has 0 amide bonds. The van der Waals surface area contributed by atoms with Crippen LogP contribution in [-0.4, -0.2) is 11.2 Å². The Bertz CT molecular complexity index is 288. The molecule has 0 spiro atoms. The predicted octanol–water partition coefficient (Wildman–Crippen LogP) is 2.03. The number of aliphatic hydroxyl groups is 1. The van der Waals surface area contributed by atoms with Gasteiger partial charge in [0.05, 0.1) is 18.1 Å². The Hall–Kier alpha value is -1.07. The van der Waals surface area contributed by atoms with Crippen molar-refractivity contribution in [3.05, 3.63) is 23.8 Å². The molecule has 0 aromatic carbocycles. The highest BCUT2D eigenvalue weighted by Crippen LogP contribution is 2.31. The van der Waals surface area contributed by atoms with Crippen LogP contribution in [0.1, 0.15) is 20.8 Å². The molecule has 1 aliphatic rings. The van der Waals surface area contributed by atoms with Crippen molar-refractivity contribution in [1.82, 2.24) is 0 Å². The second-order valence-corrected chi connectivity index (χ2v) is 4.43. The Morgan fingerprint density at radius 3 is 2.62 bits per heavy atom. The van der Waals surface area contributed by atoms with Crippen molar-refractivity contribution in [2.24, 2.45) is 11.3 Å². The highest BCUT2D eigenvalue weighted by molar-refractivity contribution is 5.35. The van der Waals surface area contributed by atoms with Gasteiger partial charge in [0.25, 0.3) is 0 Å². The topological polar surface area (TPSA) is 44.0 Å². The lowest BCUT2D eigenvalue weighted by atomic mass is 9.81. The second kappa shape index (κ2) is 3.35. The number of allylic oxidation sites excluding steroid dienone is 3. The molecule has 2 unspecified atom stereocenters. The minimum Gasteiger partial charge on any atom is -0.388 e. The van der Waals surface area contributed by atoms with Crippen LogP contribution in [0.25, 0.3) is 0 Å². The Balaban J connectivity index is 2.82. The van der Waals surface area contributed by atoms with Gasteiger partial charge in [-0.1, -0.05) is 39.0 Å². The monoisotopic (exact) mass is 177 g/mol. The standard InChI is InChI=1S/C11H15NO/c1-11(2,3)10(13)9-6-4-5-8(9)7-12/h4-6,8,10,13H,1-3H3. The molecule has 2 heteroatoms. The van der Waals surface area contributed by atoms with Crippen LogP contribution in [0.4, 0.5) is 0 Å². The molecule has 0 aromatic rings. The van der Waals surface area contributed by atoms with E-state index in [1.54, 1.807) is 0 Å². The first kappa shape index (κ1) is 10.0. The van der Waals surface area contributed by atoms with Gasteiger partial charge in [0, 0.05) is 0 Å². The summed E-state index contributed by atoms with van der Waals surface area (Å²) in [7, 11) is 0. The number of hydrogen-bond acceptors (Lipinski definition) is 2. The van der Waals surface area contributed by atoms with E-state index in [4.69, 9.17) is 5.26 Å². The van der Waals surface area contributed by atoms with Crippen molar-refractivity contribution in [3.63, 3.8) is 0 Å². The average Bonchev–Trinajstić information content (AvgIpc) is 2.48. The van der Waals surface area contributed by atoms with E-state index in [2.05, 4.69) is 6.07 Å². The van der Waals surface area contributed by atoms with Crippen molar-refractivity contribution in [3.8, 4) is 6.07 Å². The van der Waals surface area contributed by atoms with Gasteiger partial charge >= 0.3 is 0 Å². The number of rotatable bonds is 1. The van der Waals surface area contributed by atoms with Gasteiger partial charge in [0.2, 0.25) is 0 Å². The molecule has 0 bridgehead atoms. The molecule has 70 valence electrons. The SMILES string of the molecule is CC(C)(C)C(O)C1=CC=CC1C#N. The second-order valence-electron chi connectivity index (χ2n) is 4.43. The van der Waals surface area contributed by atoms with Gasteiger partial charge in [-0.3, -0.25) is 0 Å². The molecule has 0 heterocycles. The largest absolute Gasteiger partial charge is 0.388 e. The molecule has 0 radical (unpaired) electrons. The number of aliphatic hydroxyl groups excluding tert-OH is 1. The smallest absolute Gasteiger partial charge is 0.0884 e. The number of nitriles is 1. The lowest BCUT2D eigenvalue weighted by Crippen LogP contribution is -2.29. The zero-order valence-electron chi connectivity index (χ0n) is 8.28. The lowest BCUT2D eigenvalue weighted by molar-refractivity contribution is 0.0908. The van der Waals surface area contributed by atoms with Crippen molar-refractivity contribution in [2.75, 3.05) is 0 Å². The summed E-state index contributed by atoms with van der Waals surface area (Å²) in [6, 6.07) is 2.15.